The van der Waals surface area contributed by atoms with Crippen molar-refractivity contribution < 1.29 is 18.4 Å². The molecule has 0 fully saturated rings. The van der Waals surface area contributed by atoms with Crippen LogP contribution in [-0.2, 0) is 18.4 Å². The van der Waals surface area contributed by atoms with Gasteiger partial charge in [-0.25, -0.2) is 0 Å². The van der Waals surface area contributed by atoms with E-state index in [1.165, 1.54) is 52.1 Å². The standard InChI is InChI=1S/C21H42NO4P/c1-4-6-7-8-9-10-11-12-13-14-15-16-17-18-19-20(21(22)23)27(24,25-3)26-5-2/h12-13,20H,4-11,14-19H2,1-3H3,(H2,22,23). The first-order chi connectivity index (χ1) is 13.0. The van der Waals surface area contributed by atoms with Crippen LogP contribution >= 0.6 is 7.60 Å². The van der Waals surface area contributed by atoms with Crippen LogP contribution in [0.5, 0.6) is 0 Å². The highest BCUT2D eigenvalue weighted by Gasteiger charge is 2.38. The Morgan fingerprint density at radius 1 is 0.926 bits per heavy atom. The number of carbonyl (C=O) groups is 1. The van der Waals surface area contributed by atoms with Crippen LogP contribution in [0.4, 0.5) is 0 Å². The highest BCUT2D eigenvalue weighted by atomic mass is 31.2. The summed E-state index contributed by atoms with van der Waals surface area (Å²) in [6.07, 6.45) is 19.4. The molecule has 0 aliphatic rings. The summed E-state index contributed by atoms with van der Waals surface area (Å²) in [5.74, 6) is -0.605. The number of unbranched alkanes of at least 4 members (excludes halogenated alkanes) is 10. The zero-order valence-corrected chi connectivity index (χ0v) is 18.7. The van der Waals surface area contributed by atoms with E-state index in [-0.39, 0.29) is 6.61 Å². The summed E-state index contributed by atoms with van der Waals surface area (Å²) in [7, 11) is -2.13. The fraction of sp³-hybridized carbons (Fsp3) is 0.857. The quantitative estimate of drug-likeness (QED) is 0.154. The Kier molecular flexibility index (Phi) is 17.0. The van der Waals surface area contributed by atoms with Gasteiger partial charge in [-0.05, 0) is 39.0 Å². The molecule has 0 radical (unpaired) electrons. The van der Waals surface area contributed by atoms with Crippen molar-refractivity contribution in [1.82, 2.24) is 0 Å². The molecule has 2 atom stereocenters. The second-order valence-electron chi connectivity index (χ2n) is 7.08. The summed E-state index contributed by atoms with van der Waals surface area (Å²) < 4.78 is 22.7. The van der Waals surface area contributed by atoms with E-state index in [4.69, 9.17) is 14.8 Å². The minimum absolute atomic E-state index is 0.236. The molecule has 0 aliphatic carbocycles. The van der Waals surface area contributed by atoms with Crippen LogP contribution in [0.1, 0.15) is 97.3 Å². The SMILES string of the molecule is CCCCCCCCC=CCCCCCCC(C(N)=O)P(=O)(OC)OCC. The van der Waals surface area contributed by atoms with Gasteiger partial charge in [0.05, 0.1) is 6.61 Å². The Labute approximate surface area is 167 Å². The van der Waals surface area contributed by atoms with E-state index in [0.29, 0.717) is 6.42 Å². The van der Waals surface area contributed by atoms with Crippen molar-refractivity contribution in [2.45, 2.75) is 103 Å². The molecule has 0 bridgehead atoms. The Morgan fingerprint density at radius 3 is 1.93 bits per heavy atom. The van der Waals surface area contributed by atoms with Crippen LogP contribution in [0.25, 0.3) is 0 Å². The van der Waals surface area contributed by atoms with Crippen molar-refractivity contribution in [3.63, 3.8) is 0 Å². The van der Waals surface area contributed by atoms with Crippen LogP contribution in [-0.4, -0.2) is 25.3 Å². The van der Waals surface area contributed by atoms with Crippen molar-refractivity contribution in [2.75, 3.05) is 13.7 Å². The van der Waals surface area contributed by atoms with Gasteiger partial charge in [0.1, 0.15) is 5.66 Å². The third kappa shape index (κ3) is 13.2. The Bertz CT molecular complexity index is 440. The summed E-state index contributed by atoms with van der Waals surface area (Å²) in [5.41, 5.74) is 4.56. The molecule has 0 saturated carbocycles. The van der Waals surface area contributed by atoms with Crippen molar-refractivity contribution in [3.8, 4) is 0 Å². The van der Waals surface area contributed by atoms with Gasteiger partial charge in [-0.1, -0.05) is 70.4 Å². The summed E-state index contributed by atoms with van der Waals surface area (Å²) >= 11 is 0. The summed E-state index contributed by atoms with van der Waals surface area (Å²) in [6.45, 7) is 4.21. The smallest absolute Gasteiger partial charge is 0.342 e. The molecule has 0 aromatic rings. The number of amides is 1. The number of carbonyl (C=O) groups excluding carboxylic acids is 1. The van der Waals surface area contributed by atoms with Crippen LogP contribution < -0.4 is 5.73 Å². The number of hydrogen-bond donors (Lipinski definition) is 1. The van der Waals surface area contributed by atoms with E-state index >= 15 is 0 Å². The van der Waals surface area contributed by atoms with Gasteiger partial charge in [0.2, 0.25) is 5.91 Å². The lowest BCUT2D eigenvalue weighted by atomic mass is 10.1. The van der Waals surface area contributed by atoms with E-state index in [9.17, 15) is 9.36 Å². The Morgan fingerprint density at radius 2 is 1.44 bits per heavy atom. The molecule has 2 N–H and O–H groups in total. The fourth-order valence-electron chi connectivity index (χ4n) is 3.14. The lowest BCUT2D eigenvalue weighted by Crippen LogP contribution is -2.30. The van der Waals surface area contributed by atoms with Crippen molar-refractivity contribution in [3.05, 3.63) is 12.2 Å². The number of allylic oxidation sites excluding steroid dienone is 2. The molecule has 6 heteroatoms. The van der Waals surface area contributed by atoms with E-state index in [1.807, 2.05) is 0 Å². The molecule has 0 aromatic carbocycles. The first-order valence-electron chi connectivity index (χ1n) is 10.8. The topological polar surface area (TPSA) is 78.6 Å². The highest BCUT2D eigenvalue weighted by molar-refractivity contribution is 7.55. The average Bonchev–Trinajstić information content (AvgIpc) is 2.64. The van der Waals surface area contributed by atoms with Gasteiger partial charge in [-0.3, -0.25) is 9.36 Å². The number of primary amides is 1. The van der Waals surface area contributed by atoms with Gasteiger partial charge in [0, 0.05) is 7.11 Å². The molecule has 1 amide bonds. The van der Waals surface area contributed by atoms with Crippen molar-refractivity contribution in [2.24, 2.45) is 5.73 Å². The van der Waals surface area contributed by atoms with Crippen molar-refractivity contribution in [1.29, 1.82) is 0 Å². The summed E-state index contributed by atoms with van der Waals surface area (Å²) in [6, 6.07) is 0. The maximum atomic E-state index is 12.5. The molecule has 2 unspecified atom stereocenters. The van der Waals surface area contributed by atoms with E-state index in [0.717, 1.165) is 32.1 Å². The monoisotopic (exact) mass is 403 g/mol. The lowest BCUT2D eigenvalue weighted by Gasteiger charge is -2.22. The van der Waals surface area contributed by atoms with Gasteiger partial charge in [0.25, 0.3) is 0 Å². The molecule has 0 aliphatic heterocycles. The minimum atomic E-state index is -3.44. The minimum Gasteiger partial charge on any atom is -0.369 e. The largest absolute Gasteiger partial charge is 0.369 e. The van der Waals surface area contributed by atoms with E-state index in [1.54, 1.807) is 6.92 Å². The molecule has 5 nitrogen and oxygen atoms in total. The highest BCUT2D eigenvalue weighted by Crippen LogP contribution is 2.53. The third-order valence-electron chi connectivity index (χ3n) is 4.76. The Balaban J connectivity index is 3.78. The first kappa shape index (κ1) is 26.4. The van der Waals surface area contributed by atoms with Gasteiger partial charge in [-0.2, -0.15) is 0 Å². The third-order valence-corrected chi connectivity index (χ3v) is 7.17. The fourth-order valence-corrected chi connectivity index (χ4v) is 4.85. The summed E-state index contributed by atoms with van der Waals surface area (Å²) in [4.78, 5) is 11.6. The summed E-state index contributed by atoms with van der Waals surface area (Å²) in [5, 5.41) is 0. The van der Waals surface area contributed by atoms with Gasteiger partial charge >= 0.3 is 7.60 Å². The maximum Gasteiger partial charge on any atom is 0.342 e. The first-order valence-corrected chi connectivity index (χ1v) is 12.4. The predicted octanol–water partition coefficient (Wildman–Crippen LogP) is 6.36. The van der Waals surface area contributed by atoms with Crippen LogP contribution in [0.2, 0.25) is 0 Å². The lowest BCUT2D eigenvalue weighted by molar-refractivity contribution is -0.118. The number of nitrogens with two attached hydrogens (primary N) is 1. The normalized spacial score (nSPS) is 15.1. The molecule has 160 valence electrons. The average molecular weight is 404 g/mol. The number of rotatable bonds is 19. The second-order valence-corrected chi connectivity index (χ2v) is 9.40. The van der Waals surface area contributed by atoms with Gasteiger partial charge < -0.3 is 14.8 Å². The second kappa shape index (κ2) is 17.5. The van der Waals surface area contributed by atoms with Gasteiger partial charge in [-0.15, -0.1) is 0 Å². The number of hydrogen-bond acceptors (Lipinski definition) is 4. The maximum absolute atomic E-state index is 12.5. The zero-order chi connectivity index (χ0) is 20.4. The molecule has 0 saturated heterocycles. The molecular weight excluding hydrogens is 361 g/mol. The van der Waals surface area contributed by atoms with E-state index in [2.05, 4.69) is 19.1 Å². The van der Waals surface area contributed by atoms with E-state index < -0.39 is 19.2 Å². The Hall–Kier alpha value is -0.640. The van der Waals surface area contributed by atoms with Crippen LogP contribution in [0.3, 0.4) is 0 Å². The zero-order valence-electron chi connectivity index (χ0n) is 17.8. The van der Waals surface area contributed by atoms with Gasteiger partial charge in [0.15, 0.2) is 0 Å². The molecule has 0 spiro atoms. The molecule has 0 aromatic heterocycles. The molecule has 0 rings (SSSR count). The van der Waals surface area contributed by atoms with Crippen molar-refractivity contribution >= 4 is 13.5 Å². The molecule has 27 heavy (non-hydrogen) atoms. The van der Waals surface area contributed by atoms with Crippen LogP contribution in [0.15, 0.2) is 12.2 Å². The molecule has 0 heterocycles. The van der Waals surface area contributed by atoms with Crippen LogP contribution in [0, 0.1) is 0 Å². The predicted molar refractivity (Wildman–Crippen MR) is 114 cm³/mol. The molecular formula is C21H42NO4P.